The van der Waals surface area contributed by atoms with Crippen molar-refractivity contribution in [1.82, 2.24) is 19.9 Å². The Balaban J connectivity index is 1.67. The molecule has 1 saturated carbocycles. The van der Waals surface area contributed by atoms with Gasteiger partial charge >= 0.3 is 6.18 Å². The lowest BCUT2D eigenvalue weighted by molar-refractivity contribution is -0.137. The number of amides is 1. The molecule has 0 bridgehead atoms. The Kier molecular flexibility index (Phi) is 4.12. The van der Waals surface area contributed by atoms with E-state index in [4.69, 9.17) is 11.6 Å². The fraction of sp³-hybridized carbons (Fsp3) is 0.357. The molecule has 0 aliphatic heterocycles. The number of nitrogens with one attached hydrogen (secondary N) is 1. The molecule has 2 aromatic heterocycles. The van der Waals surface area contributed by atoms with Gasteiger partial charge < -0.3 is 0 Å². The third-order valence-electron chi connectivity index (χ3n) is 3.55. The molecule has 3 rings (SSSR count). The molecule has 1 aliphatic rings. The Hall–Kier alpha value is -2.29. The van der Waals surface area contributed by atoms with Gasteiger partial charge in [0.2, 0.25) is 11.9 Å². The Bertz CT molecular complexity index is 798. The van der Waals surface area contributed by atoms with E-state index in [1.54, 1.807) is 12.3 Å². The molecule has 2 heterocycles. The van der Waals surface area contributed by atoms with Crippen LogP contribution in [0.2, 0.25) is 5.15 Å². The highest BCUT2D eigenvalue weighted by molar-refractivity contribution is 6.30. The van der Waals surface area contributed by atoms with Gasteiger partial charge in [0.05, 0.1) is 0 Å². The average Bonchev–Trinajstić information content (AvgIpc) is 3.26. The lowest BCUT2D eigenvalue weighted by Gasteiger charge is -2.09. The van der Waals surface area contributed by atoms with E-state index < -0.39 is 22.8 Å². The molecule has 1 amide bonds. The van der Waals surface area contributed by atoms with Gasteiger partial charge in [-0.05, 0) is 19.4 Å². The van der Waals surface area contributed by atoms with Crippen LogP contribution in [0.15, 0.2) is 18.5 Å². The van der Waals surface area contributed by atoms with E-state index in [0.29, 0.717) is 18.4 Å². The zero-order valence-corrected chi connectivity index (χ0v) is 13.1. The molecule has 126 valence electrons. The van der Waals surface area contributed by atoms with Crippen molar-refractivity contribution in [1.29, 1.82) is 0 Å². The molecule has 1 fully saturated rings. The van der Waals surface area contributed by atoms with Crippen molar-refractivity contribution in [3.05, 3.63) is 40.7 Å². The highest BCUT2D eigenvalue weighted by atomic mass is 35.5. The molecule has 0 aromatic carbocycles. The van der Waals surface area contributed by atoms with Gasteiger partial charge in [0.25, 0.3) is 0 Å². The van der Waals surface area contributed by atoms with Gasteiger partial charge in [-0.25, -0.2) is 19.9 Å². The largest absolute Gasteiger partial charge is 0.420 e. The summed E-state index contributed by atoms with van der Waals surface area (Å²) in [4.78, 5) is 27.5. The number of aryl methyl sites for hydroxylation is 1. The van der Waals surface area contributed by atoms with Gasteiger partial charge in [-0.1, -0.05) is 11.6 Å². The normalized spacial score (nSPS) is 19.9. The molecule has 2 aromatic rings. The van der Waals surface area contributed by atoms with Gasteiger partial charge in [0, 0.05) is 29.9 Å². The smallest absolute Gasteiger partial charge is 0.294 e. The minimum Gasteiger partial charge on any atom is -0.294 e. The lowest BCUT2D eigenvalue weighted by atomic mass is 10.2. The molecule has 6 nitrogen and oxygen atoms in total. The van der Waals surface area contributed by atoms with Crippen molar-refractivity contribution in [3.63, 3.8) is 0 Å². The number of carbonyl (C=O) groups excluding carboxylic acids is 1. The summed E-state index contributed by atoms with van der Waals surface area (Å²) in [6.45, 7) is 1.82. The number of aromatic nitrogens is 4. The summed E-state index contributed by atoms with van der Waals surface area (Å²) in [5, 5.41) is 1.61. The van der Waals surface area contributed by atoms with Crippen LogP contribution in [-0.4, -0.2) is 25.8 Å². The minimum atomic E-state index is -4.65. The van der Waals surface area contributed by atoms with Crippen LogP contribution < -0.4 is 5.32 Å². The van der Waals surface area contributed by atoms with Crippen LogP contribution >= 0.6 is 11.6 Å². The van der Waals surface area contributed by atoms with E-state index >= 15 is 0 Å². The summed E-state index contributed by atoms with van der Waals surface area (Å²) >= 11 is 5.49. The van der Waals surface area contributed by atoms with Crippen molar-refractivity contribution < 1.29 is 18.0 Å². The maximum absolute atomic E-state index is 12.6. The second-order valence-corrected chi connectivity index (χ2v) is 5.75. The topological polar surface area (TPSA) is 80.7 Å². The fourth-order valence-electron chi connectivity index (χ4n) is 2.23. The third kappa shape index (κ3) is 3.45. The van der Waals surface area contributed by atoms with Crippen molar-refractivity contribution in [2.75, 3.05) is 5.32 Å². The Morgan fingerprint density at radius 1 is 1.33 bits per heavy atom. The maximum Gasteiger partial charge on any atom is 0.420 e. The van der Waals surface area contributed by atoms with E-state index in [9.17, 15) is 18.0 Å². The summed E-state index contributed by atoms with van der Waals surface area (Å²) in [7, 11) is 0. The fourth-order valence-corrected chi connectivity index (χ4v) is 2.47. The van der Waals surface area contributed by atoms with Crippen LogP contribution in [0, 0.1) is 12.8 Å². The van der Waals surface area contributed by atoms with Crippen LogP contribution in [0.1, 0.15) is 29.4 Å². The molecular weight excluding hydrogens is 347 g/mol. The van der Waals surface area contributed by atoms with Crippen LogP contribution in [0.25, 0.3) is 0 Å². The molecular formula is C14H11ClF3N5O. The summed E-state index contributed by atoms with van der Waals surface area (Å²) in [6, 6.07) is 1.75. The van der Waals surface area contributed by atoms with Gasteiger partial charge in [-0.15, -0.1) is 0 Å². The summed E-state index contributed by atoms with van der Waals surface area (Å²) in [6.07, 6.45) is -1.93. The standard InChI is InChI=1S/C14H11ClF3N5O/c1-6-2-3-19-11(21-6)7-4-8(7)12(24)23-13-20-5-9(10(15)22-13)14(16,17)18/h2-3,5,7-8H,4H2,1H3,(H,20,22,23,24). The number of alkyl halides is 3. The number of carbonyl (C=O) groups is 1. The lowest BCUT2D eigenvalue weighted by Crippen LogP contribution is -2.18. The third-order valence-corrected chi connectivity index (χ3v) is 3.84. The molecule has 2 unspecified atom stereocenters. The molecule has 0 saturated heterocycles. The van der Waals surface area contributed by atoms with Crippen molar-refractivity contribution in [3.8, 4) is 0 Å². The van der Waals surface area contributed by atoms with Crippen molar-refractivity contribution in [2.24, 2.45) is 5.92 Å². The first-order valence-electron chi connectivity index (χ1n) is 6.96. The van der Waals surface area contributed by atoms with E-state index in [-0.39, 0.29) is 17.8 Å². The van der Waals surface area contributed by atoms with Gasteiger partial charge in [-0.2, -0.15) is 13.2 Å². The van der Waals surface area contributed by atoms with E-state index in [0.717, 1.165) is 5.69 Å². The van der Waals surface area contributed by atoms with Crippen molar-refractivity contribution >= 4 is 23.5 Å². The van der Waals surface area contributed by atoms with E-state index in [2.05, 4.69) is 25.3 Å². The second kappa shape index (κ2) is 5.97. The zero-order chi connectivity index (χ0) is 17.5. The van der Waals surface area contributed by atoms with Gasteiger partial charge in [-0.3, -0.25) is 10.1 Å². The first-order valence-corrected chi connectivity index (χ1v) is 7.33. The number of nitrogens with zero attached hydrogens (tertiary/aromatic N) is 4. The van der Waals surface area contributed by atoms with Crippen LogP contribution in [0.4, 0.5) is 19.1 Å². The number of hydrogen-bond acceptors (Lipinski definition) is 5. The first-order chi connectivity index (χ1) is 11.3. The number of hydrogen-bond donors (Lipinski definition) is 1. The molecule has 24 heavy (non-hydrogen) atoms. The molecule has 1 aliphatic carbocycles. The molecule has 2 atom stereocenters. The molecule has 1 N–H and O–H groups in total. The maximum atomic E-state index is 12.6. The molecule has 10 heteroatoms. The highest BCUT2D eigenvalue weighted by Crippen LogP contribution is 2.46. The van der Waals surface area contributed by atoms with Crippen molar-refractivity contribution in [2.45, 2.75) is 25.4 Å². The Morgan fingerprint density at radius 2 is 2.08 bits per heavy atom. The van der Waals surface area contributed by atoms with Crippen LogP contribution in [0.5, 0.6) is 0 Å². The average molecular weight is 358 g/mol. The highest BCUT2D eigenvalue weighted by Gasteiger charge is 2.46. The number of anilines is 1. The van der Waals surface area contributed by atoms with E-state index in [1.807, 2.05) is 6.92 Å². The number of halogens is 4. The number of rotatable bonds is 3. The monoisotopic (exact) mass is 357 g/mol. The quantitative estimate of drug-likeness (QED) is 0.854. The predicted octanol–water partition coefficient (Wildman–Crippen LogP) is 2.99. The minimum absolute atomic E-state index is 0.116. The van der Waals surface area contributed by atoms with Gasteiger partial charge in [0.1, 0.15) is 16.5 Å². The summed E-state index contributed by atoms with van der Waals surface area (Å²) in [5.41, 5.74) is -0.358. The summed E-state index contributed by atoms with van der Waals surface area (Å²) in [5.74, 6) is -0.581. The Labute approximate surface area is 139 Å². The zero-order valence-electron chi connectivity index (χ0n) is 12.3. The second-order valence-electron chi connectivity index (χ2n) is 5.39. The van der Waals surface area contributed by atoms with Crippen LogP contribution in [-0.2, 0) is 11.0 Å². The Morgan fingerprint density at radius 3 is 2.71 bits per heavy atom. The molecule has 0 spiro atoms. The predicted molar refractivity (Wildman–Crippen MR) is 78.3 cm³/mol. The summed E-state index contributed by atoms with van der Waals surface area (Å²) < 4.78 is 37.8. The van der Waals surface area contributed by atoms with Gasteiger partial charge in [0.15, 0.2) is 0 Å². The SMILES string of the molecule is Cc1ccnc(C2CC2C(=O)Nc2ncc(C(F)(F)F)c(Cl)n2)n1. The first kappa shape index (κ1) is 16.6. The van der Waals surface area contributed by atoms with Crippen LogP contribution in [0.3, 0.4) is 0 Å². The molecule has 0 radical (unpaired) electrons. The van der Waals surface area contributed by atoms with E-state index in [1.165, 1.54) is 0 Å².